The van der Waals surface area contributed by atoms with Crippen molar-refractivity contribution in [3.63, 3.8) is 0 Å². The molecule has 1 fully saturated rings. The third-order valence-electron chi connectivity index (χ3n) is 7.92. The third kappa shape index (κ3) is 9.04. The minimum absolute atomic E-state index is 0.433. The number of nitrogens with zero attached hydrogens (tertiary/aromatic N) is 1. The van der Waals surface area contributed by atoms with Crippen LogP contribution in [0.1, 0.15) is 103 Å². The van der Waals surface area contributed by atoms with Crippen molar-refractivity contribution in [2.75, 3.05) is 26.7 Å². The first-order valence-corrected chi connectivity index (χ1v) is 14.9. The fraction of sp³-hybridized carbons (Fsp3) is 0.500. The zero-order valence-electron chi connectivity index (χ0n) is 26.3. The number of H-pyrrole nitrogens is 1. The Hall–Kier alpha value is -2.96. The maximum absolute atomic E-state index is 4.01. The number of terminal acetylenes is 1. The minimum atomic E-state index is 0.433. The monoisotopic (exact) mass is 529 g/mol. The quantitative estimate of drug-likeness (QED) is 0.237. The van der Waals surface area contributed by atoms with Crippen LogP contribution in [0.2, 0.25) is 0 Å². The van der Waals surface area contributed by atoms with Gasteiger partial charge in [0.2, 0.25) is 0 Å². The smallest absolute Gasteiger partial charge is 0.0499 e. The van der Waals surface area contributed by atoms with Crippen LogP contribution in [0.4, 0.5) is 0 Å². The fourth-order valence-corrected chi connectivity index (χ4v) is 5.33. The Morgan fingerprint density at radius 2 is 1.82 bits per heavy atom. The van der Waals surface area contributed by atoms with Crippen LogP contribution < -0.4 is 5.32 Å². The first-order chi connectivity index (χ1) is 18.8. The molecule has 1 aromatic carbocycles. The molecule has 0 saturated carbocycles. The normalized spacial score (nSPS) is 16.3. The van der Waals surface area contributed by atoms with Gasteiger partial charge in [-0.05, 0) is 92.8 Å². The van der Waals surface area contributed by atoms with E-state index in [2.05, 4.69) is 113 Å². The maximum Gasteiger partial charge on any atom is 0.0499 e. The summed E-state index contributed by atoms with van der Waals surface area (Å²) in [4.78, 5) is 6.36. The number of likely N-dealkylation sites (tertiary alicyclic amines) is 1. The van der Waals surface area contributed by atoms with E-state index < -0.39 is 0 Å². The Bertz CT molecular complexity index is 1130. The van der Waals surface area contributed by atoms with E-state index in [1.54, 1.807) is 0 Å². The summed E-state index contributed by atoms with van der Waals surface area (Å²) in [5, 5.41) is 4.70. The third-order valence-corrected chi connectivity index (χ3v) is 7.92. The van der Waals surface area contributed by atoms with Crippen LogP contribution in [0.25, 0.3) is 16.5 Å². The lowest BCUT2D eigenvalue weighted by Gasteiger charge is -2.32. The summed E-state index contributed by atoms with van der Waals surface area (Å²) in [5.74, 6) is 1.64. The van der Waals surface area contributed by atoms with Crippen molar-refractivity contribution in [2.24, 2.45) is 5.92 Å². The molecule has 2 N–H and O–H groups in total. The van der Waals surface area contributed by atoms with Crippen LogP contribution >= 0.6 is 0 Å². The van der Waals surface area contributed by atoms with E-state index in [-0.39, 0.29) is 0 Å². The molecule has 2 aromatic rings. The number of hydrogen-bond donors (Lipinski definition) is 2. The molecule has 3 rings (SSSR count). The topological polar surface area (TPSA) is 31.1 Å². The number of piperidine rings is 1. The number of allylic oxidation sites excluding steroid dienone is 6. The zero-order valence-corrected chi connectivity index (χ0v) is 26.3. The number of likely N-dealkylation sites (N-methyl/N-ethyl adjacent to an activating group) is 1. The van der Waals surface area contributed by atoms with Gasteiger partial charge in [-0.2, -0.15) is 0 Å². The number of benzene rings is 1. The molecular formula is C36H55N3. The van der Waals surface area contributed by atoms with Crippen molar-refractivity contribution in [3.05, 3.63) is 77.2 Å². The molecule has 1 atom stereocenters. The summed E-state index contributed by atoms with van der Waals surface area (Å²) >= 11 is 0. The van der Waals surface area contributed by atoms with E-state index in [0.717, 1.165) is 26.1 Å². The van der Waals surface area contributed by atoms with Crippen molar-refractivity contribution < 1.29 is 0 Å². The largest absolute Gasteiger partial charge is 0.391 e. The molecule has 2 heterocycles. The molecule has 1 aliphatic rings. The van der Waals surface area contributed by atoms with Crippen LogP contribution in [0.3, 0.4) is 0 Å². The Kier molecular flexibility index (Phi) is 15.4. The van der Waals surface area contributed by atoms with Crippen molar-refractivity contribution in [1.82, 2.24) is 15.2 Å². The molecule has 1 aliphatic heterocycles. The summed E-state index contributed by atoms with van der Waals surface area (Å²) < 4.78 is 0. The standard InChI is InChI=1S/C32H47N3.C2H6.C2H2/c1-9-12-27(19-24(7)23(6)10-2)32-31(22(4)5)29-20-26(13-14-30(29)34-32)25-15-17-35(18-16-25)21-28(11-3)33-8;2*1-2/h9,11-14,19-20,22-23,25,33-34H,1,10,15-18,21H2,2-8H3;1-2H3;1-2H/b24-19-,27-12+,28-11-;;/t23-;;/m1../s1. The van der Waals surface area contributed by atoms with Gasteiger partial charge in [0.25, 0.3) is 0 Å². The number of rotatable bonds is 10. The Morgan fingerprint density at radius 3 is 2.33 bits per heavy atom. The van der Waals surface area contributed by atoms with E-state index >= 15 is 0 Å². The van der Waals surface area contributed by atoms with Crippen LogP contribution in [-0.4, -0.2) is 36.6 Å². The predicted octanol–water partition coefficient (Wildman–Crippen LogP) is 9.43. The average molecular weight is 530 g/mol. The second-order valence-electron chi connectivity index (χ2n) is 10.5. The van der Waals surface area contributed by atoms with E-state index in [9.17, 15) is 0 Å². The summed E-state index contributed by atoms with van der Waals surface area (Å²) in [6, 6.07) is 7.14. The van der Waals surface area contributed by atoms with E-state index in [1.165, 1.54) is 57.4 Å². The van der Waals surface area contributed by atoms with E-state index in [4.69, 9.17) is 0 Å². The van der Waals surface area contributed by atoms with Gasteiger partial charge in [-0.25, -0.2) is 0 Å². The minimum Gasteiger partial charge on any atom is -0.391 e. The van der Waals surface area contributed by atoms with Gasteiger partial charge < -0.3 is 10.3 Å². The molecule has 214 valence electrons. The molecule has 0 bridgehead atoms. The van der Waals surface area contributed by atoms with E-state index in [0.29, 0.717) is 17.8 Å². The average Bonchev–Trinajstić information content (AvgIpc) is 3.36. The lowest BCUT2D eigenvalue weighted by atomic mass is 9.87. The summed E-state index contributed by atoms with van der Waals surface area (Å²) in [6.07, 6.45) is 20.2. The number of fused-ring (bicyclic) bond motifs is 1. The van der Waals surface area contributed by atoms with E-state index in [1.807, 2.05) is 27.0 Å². The summed E-state index contributed by atoms with van der Waals surface area (Å²) in [5.41, 5.74) is 9.36. The second kappa shape index (κ2) is 17.6. The van der Waals surface area contributed by atoms with Gasteiger partial charge >= 0.3 is 0 Å². The first kappa shape index (κ1) is 34.1. The zero-order chi connectivity index (χ0) is 29.5. The Morgan fingerprint density at radius 1 is 1.18 bits per heavy atom. The van der Waals surface area contributed by atoms with Crippen molar-refractivity contribution in [2.45, 2.75) is 86.5 Å². The lowest BCUT2D eigenvalue weighted by molar-refractivity contribution is 0.225. The highest BCUT2D eigenvalue weighted by atomic mass is 15.1. The van der Waals surface area contributed by atoms with Gasteiger partial charge in [-0.1, -0.05) is 84.1 Å². The van der Waals surface area contributed by atoms with Gasteiger partial charge in [0.15, 0.2) is 0 Å². The number of aromatic amines is 1. The van der Waals surface area contributed by atoms with Gasteiger partial charge in [-0.15, -0.1) is 12.8 Å². The van der Waals surface area contributed by atoms with Gasteiger partial charge in [-0.3, -0.25) is 4.90 Å². The lowest BCUT2D eigenvalue weighted by Crippen LogP contribution is -2.36. The SMILES string of the molecule is C#C.C=C/C=C(\C=C(\C)[C@H](C)CC)c1[nH]c2ccc(C3CCN(C/C(=C/C)NC)CC3)cc2c1C(C)C.CC. The summed E-state index contributed by atoms with van der Waals surface area (Å²) in [6.45, 7) is 24.9. The van der Waals surface area contributed by atoms with Crippen molar-refractivity contribution in [1.29, 1.82) is 0 Å². The molecule has 1 aromatic heterocycles. The molecular weight excluding hydrogens is 474 g/mol. The van der Waals surface area contributed by atoms with Crippen LogP contribution in [0, 0.1) is 18.8 Å². The fourth-order valence-electron chi connectivity index (χ4n) is 5.33. The number of aromatic nitrogens is 1. The molecule has 3 heteroatoms. The number of nitrogens with one attached hydrogen (secondary N) is 2. The second-order valence-corrected chi connectivity index (χ2v) is 10.5. The highest BCUT2D eigenvalue weighted by Gasteiger charge is 2.23. The summed E-state index contributed by atoms with van der Waals surface area (Å²) in [7, 11) is 2.02. The highest BCUT2D eigenvalue weighted by Crippen LogP contribution is 2.37. The molecule has 0 amide bonds. The van der Waals surface area contributed by atoms with Gasteiger partial charge in [0, 0.05) is 35.9 Å². The van der Waals surface area contributed by atoms with Gasteiger partial charge in [0.05, 0.1) is 0 Å². The molecule has 1 saturated heterocycles. The molecule has 0 radical (unpaired) electrons. The molecule has 39 heavy (non-hydrogen) atoms. The molecule has 0 aliphatic carbocycles. The molecule has 3 nitrogen and oxygen atoms in total. The Labute approximate surface area is 240 Å². The van der Waals surface area contributed by atoms with Gasteiger partial charge in [0.1, 0.15) is 0 Å². The molecule has 0 spiro atoms. The Balaban J connectivity index is 0.00000181. The maximum atomic E-state index is 4.01. The van der Waals surface area contributed by atoms with Crippen LogP contribution in [-0.2, 0) is 0 Å². The first-order valence-electron chi connectivity index (χ1n) is 14.9. The van der Waals surface area contributed by atoms with Crippen LogP contribution in [0.5, 0.6) is 0 Å². The molecule has 0 unspecified atom stereocenters. The predicted molar refractivity (Wildman–Crippen MR) is 176 cm³/mol. The van der Waals surface area contributed by atoms with Crippen molar-refractivity contribution in [3.8, 4) is 12.8 Å². The van der Waals surface area contributed by atoms with Crippen molar-refractivity contribution >= 4 is 16.5 Å². The highest BCUT2D eigenvalue weighted by molar-refractivity contribution is 5.92. The van der Waals surface area contributed by atoms with Crippen LogP contribution in [0.15, 0.2) is 60.4 Å². The number of hydrogen-bond acceptors (Lipinski definition) is 2.